The van der Waals surface area contributed by atoms with Crippen LogP contribution in [-0.4, -0.2) is 18.5 Å². The van der Waals surface area contributed by atoms with Crippen molar-refractivity contribution in [1.82, 2.24) is 5.32 Å². The monoisotopic (exact) mass is 332 g/mol. The van der Waals surface area contributed by atoms with E-state index in [2.05, 4.69) is 26.6 Å². The summed E-state index contributed by atoms with van der Waals surface area (Å²) in [7, 11) is 0. The van der Waals surface area contributed by atoms with Gasteiger partial charge in [0.1, 0.15) is 5.69 Å². The van der Waals surface area contributed by atoms with Crippen LogP contribution >= 0.6 is 15.9 Å². The molecule has 2 N–H and O–H groups in total. The minimum Gasteiger partial charge on any atom is -0.321 e. The van der Waals surface area contributed by atoms with Gasteiger partial charge in [0.05, 0.1) is 0 Å². The van der Waals surface area contributed by atoms with E-state index in [1.54, 1.807) is 0 Å². The highest BCUT2D eigenvalue weighted by Gasteiger charge is 2.26. The molecule has 1 amide bonds. The second-order valence-corrected chi connectivity index (χ2v) is 5.73. The zero-order valence-corrected chi connectivity index (χ0v) is 12.1. The number of carbonyl (C=O) groups is 1. The molecule has 0 radical (unpaired) electrons. The summed E-state index contributed by atoms with van der Waals surface area (Å²) in [5.41, 5.74) is -0.376. The topological polar surface area (TPSA) is 41.1 Å². The molecule has 1 saturated heterocycles. The zero-order chi connectivity index (χ0) is 14.0. The van der Waals surface area contributed by atoms with E-state index in [1.807, 2.05) is 6.92 Å². The van der Waals surface area contributed by atoms with Crippen molar-refractivity contribution in [3.63, 3.8) is 0 Å². The molecule has 104 valence electrons. The lowest BCUT2D eigenvalue weighted by molar-refractivity contribution is -0.120. The smallest absolute Gasteiger partial charge is 0.227 e. The molecule has 1 aliphatic rings. The van der Waals surface area contributed by atoms with Crippen LogP contribution in [0.15, 0.2) is 16.6 Å². The number of rotatable bonds is 2. The van der Waals surface area contributed by atoms with Crippen molar-refractivity contribution < 1.29 is 13.6 Å². The molecule has 2 unspecified atom stereocenters. The van der Waals surface area contributed by atoms with Crippen LogP contribution in [0, 0.1) is 17.6 Å². The quantitative estimate of drug-likeness (QED) is 0.873. The Bertz CT molecular complexity index is 473. The summed E-state index contributed by atoms with van der Waals surface area (Å²) in [5.74, 6) is -2.09. The summed E-state index contributed by atoms with van der Waals surface area (Å²) in [4.78, 5) is 12.0. The first-order valence-corrected chi connectivity index (χ1v) is 6.95. The molecule has 3 nitrogen and oxygen atoms in total. The maximum absolute atomic E-state index is 13.6. The Labute approximate surface area is 118 Å². The standard InChI is InChI=1S/C13H15BrF2N2O/c1-7-4-8(2-3-17-7)13(19)18-12-10(15)5-9(14)6-11(12)16/h5-8,17H,2-4H2,1H3,(H,18,19). The molecule has 0 saturated carbocycles. The predicted octanol–water partition coefficient (Wildman–Crippen LogP) is 3.05. The average molecular weight is 333 g/mol. The second-order valence-electron chi connectivity index (χ2n) is 4.81. The SMILES string of the molecule is CC1CC(C(=O)Nc2c(F)cc(Br)cc2F)CCN1. The van der Waals surface area contributed by atoms with Crippen LogP contribution in [0.5, 0.6) is 0 Å². The molecule has 2 atom stereocenters. The van der Waals surface area contributed by atoms with Gasteiger partial charge in [0.15, 0.2) is 11.6 Å². The van der Waals surface area contributed by atoms with E-state index in [0.29, 0.717) is 17.3 Å². The number of hydrogen-bond acceptors (Lipinski definition) is 2. The zero-order valence-electron chi connectivity index (χ0n) is 10.5. The highest BCUT2D eigenvalue weighted by Crippen LogP contribution is 2.25. The molecule has 19 heavy (non-hydrogen) atoms. The largest absolute Gasteiger partial charge is 0.321 e. The molecule has 6 heteroatoms. The number of benzene rings is 1. The summed E-state index contributed by atoms with van der Waals surface area (Å²) in [6.07, 6.45) is 1.35. The van der Waals surface area contributed by atoms with Crippen molar-refractivity contribution >= 4 is 27.5 Å². The van der Waals surface area contributed by atoms with E-state index >= 15 is 0 Å². The summed E-state index contributed by atoms with van der Waals surface area (Å²) >= 11 is 3.00. The molecule has 0 aromatic heterocycles. The van der Waals surface area contributed by atoms with Crippen molar-refractivity contribution in [2.45, 2.75) is 25.8 Å². The van der Waals surface area contributed by atoms with Gasteiger partial charge in [-0.15, -0.1) is 0 Å². The van der Waals surface area contributed by atoms with E-state index in [-0.39, 0.29) is 23.6 Å². The van der Waals surface area contributed by atoms with Crippen molar-refractivity contribution in [3.8, 4) is 0 Å². The molecule has 1 aliphatic heterocycles. The average Bonchev–Trinajstić information content (AvgIpc) is 2.33. The number of amides is 1. The number of carbonyl (C=O) groups excluding carboxylic acids is 1. The maximum Gasteiger partial charge on any atom is 0.227 e. The summed E-state index contributed by atoms with van der Waals surface area (Å²) < 4.78 is 27.5. The lowest BCUT2D eigenvalue weighted by Crippen LogP contribution is -2.40. The third-order valence-corrected chi connectivity index (χ3v) is 3.71. The van der Waals surface area contributed by atoms with Gasteiger partial charge in [0, 0.05) is 16.4 Å². The summed E-state index contributed by atoms with van der Waals surface area (Å²) in [6.45, 7) is 2.73. The normalized spacial score (nSPS) is 23.2. The van der Waals surface area contributed by atoms with E-state index in [0.717, 1.165) is 18.7 Å². The Morgan fingerprint density at radius 2 is 2.05 bits per heavy atom. The van der Waals surface area contributed by atoms with E-state index < -0.39 is 11.6 Å². The molecular formula is C13H15BrF2N2O. The Balaban J connectivity index is 2.10. The van der Waals surface area contributed by atoms with Crippen LogP contribution in [0.4, 0.5) is 14.5 Å². The molecule has 2 rings (SSSR count). The minimum absolute atomic E-state index is 0.210. The van der Waals surface area contributed by atoms with E-state index in [4.69, 9.17) is 0 Å². The molecule has 1 fully saturated rings. The fraction of sp³-hybridized carbons (Fsp3) is 0.462. The van der Waals surface area contributed by atoms with Crippen molar-refractivity contribution in [3.05, 3.63) is 28.2 Å². The predicted molar refractivity (Wildman–Crippen MR) is 72.9 cm³/mol. The van der Waals surface area contributed by atoms with E-state index in [1.165, 1.54) is 0 Å². The fourth-order valence-electron chi connectivity index (χ4n) is 2.26. The maximum atomic E-state index is 13.6. The van der Waals surface area contributed by atoms with Crippen molar-refractivity contribution in [1.29, 1.82) is 0 Å². The first kappa shape index (κ1) is 14.4. The minimum atomic E-state index is -0.776. The molecule has 0 aliphatic carbocycles. The van der Waals surface area contributed by atoms with Gasteiger partial charge in [0.2, 0.25) is 5.91 Å². The lowest BCUT2D eigenvalue weighted by atomic mass is 9.92. The summed E-state index contributed by atoms with van der Waals surface area (Å²) in [5, 5.41) is 5.58. The first-order chi connectivity index (χ1) is 8.97. The number of halogens is 3. The van der Waals surface area contributed by atoms with Crippen LogP contribution in [0.3, 0.4) is 0 Å². The van der Waals surface area contributed by atoms with Gasteiger partial charge in [-0.05, 0) is 38.4 Å². The Morgan fingerprint density at radius 1 is 1.42 bits per heavy atom. The third kappa shape index (κ3) is 3.51. The number of nitrogens with one attached hydrogen (secondary N) is 2. The molecule has 1 aromatic rings. The Hall–Kier alpha value is -1.01. The summed E-state index contributed by atoms with van der Waals surface area (Å²) in [6, 6.07) is 2.50. The van der Waals surface area contributed by atoms with Crippen LogP contribution in [0.2, 0.25) is 0 Å². The Morgan fingerprint density at radius 3 is 2.63 bits per heavy atom. The first-order valence-electron chi connectivity index (χ1n) is 6.16. The van der Waals surface area contributed by atoms with Gasteiger partial charge < -0.3 is 10.6 Å². The van der Waals surface area contributed by atoms with Crippen LogP contribution < -0.4 is 10.6 Å². The number of piperidine rings is 1. The van der Waals surface area contributed by atoms with E-state index in [9.17, 15) is 13.6 Å². The highest BCUT2D eigenvalue weighted by atomic mass is 79.9. The second kappa shape index (κ2) is 5.96. The van der Waals surface area contributed by atoms with Crippen LogP contribution in [-0.2, 0) is 4.79 Å². The van der Waals surface area contributed by atoms with Gasteiger partial charge in [-0.25, -0.2) is 8.78 Å². The van der Waals surface area contributed by atoms with Gasteiger partial charge >= 0.3 is 0 Å². The van der Waals surface area contributed by atoms with Crippen molar-refractivity contribution in [2.24, 2.45) is 5.92 Å². The lowest BCUT2D eigenvalue weighted by Gasteiger charge is -2.27. The Kier molecular flexibility index (Phi) is 4.52. The van der Waals surface area contributed by atoms with Crippen LogP contribution in [0.1, 0.15) is 19.8 Å². The number of anilines is 1. The molecule has 1 heterocycles. The van der Waals surface area contributed by atoms with Gasteiger partial charge in [0.25, 0.3) is 0 Å². The van der Waals surface area contributed by atoms with Gasteiger partial charge in [-0.3, -0.25) is 4.79 Å². The third-order valence-electron chi connectivity index (χ3n) is 3.25. The van der Waals surface area contributed by atoms with Crippen molar-refractivity contribution in [2.75, 3.05) is 11.9 Å². The molecule has 0 spiro atoms. The molecule has 1 aromatic carbocycles. The fourth-order valence-corrected chi connectivity index (χ4v) is 2.66. The van der Waals surface area contributed by atoms with Crippen LogP contribution in [0.25, 0.3) is 0 Å². The highest BCUT2D eigenvalue weighted by molar-refractivity contribution is 9.10. The molecule has 0 bridgehead atoms. The van der Waals surface area contributed by atoms with Gasteiger partial charge in [-0.2, -0.15) is 0 Å². The molecular weight excluding hydrogens is 318 g/mol. The number of hydrogen-bond donors (Lipinski definition) is 2. The van der Waals surface area contributed by atoms with Gasteiger partial charge in [-0.1, -0.05) is 15.9 Å².